The van der Waals surface area contributed by atoms with Crippen molar-refractivity contribution in [2.45, 2.75) is 77.5 Å². The van der Waals surface area contributed by atoms with Gasteiger partial charge in [-0.25, -0.2) is 0 Å². The van der Waals surface area contributed by atoms with Gasteiger partial charge in [0.2, 0.25) is 0 Å². The van der Waals surface area contributed by atoms with Crippen LogP contribution in [0.2, 0.25) is 0 Å². The summed E-state index contributed by atoms with van der Waals surface area (Å²) in [4.78, 5) is 2.49. The van der Waals surface area contributed by atoms with E-state index in [1.165, 1.54) is 44.1 Å². The molecule has 0 amide bonds. The van der Waals surface area contributed by atoms with Gasteiger partial charge in [-0.15, -0.1) is 0 Å². The Hall–Kier alpha value is -0.800. The molecular formula is C18H30N2O. The second kappa shape index (κ2) is 6.13. The lowest BCUT2D eigenvalue weighted by atomic mass is 9.75. The van der Waals surface area contributed by atoms with E-state index in [9.17, 15) is 0 Å². The van der Waals surface area contributed by atoms with Crippen LogP contribution in [0.1, 0.15) is 63.7 Å². The van der Waals surface area contributed by atoms with E-state index in [1.807, 2.05) is 6.26 Å². The fourth-order valence-corrected chi connectivity index (χ4v) is 3.39. The van der Waals surface area contributed by atoms with Gasteiger partial charge in [0.15, 0.2) is 0 Å². The van der Waals surface area contributed by atoms with E-state index in [0.717, 1.165) is 24.9 Å². The minimum absolute atomic E-state index is 0.543. The molecule has 0 spiro atoms. The second-order valence-electron chi connectivity index (χ2n) is 7.83. The van der Waals surface area contributed by atoms with Crippen LogP contribution in [-0.2, 0) is 13.1 Å². The Balaban J connectivity index is 1.52. The summed E-state index contributed by atoms with van der Waals surface area (Å²) in [5, 5.41) is 3.58. The normalized spacial score (nSPS) is 22.9. The summed E-state index contributed by atoms with van der Waals surface area (Å²) >= 11 is 0. The van der Waals surface area contributed by atoms with E-state index in [-0.39, 0.29) is 0 Å². The van der Waals surface area contributed by atoms with Crippen LogP contribution in [0.15, 0.2) is 16.7 Å². The topological polar surface area (TPSA) is 28.4 Å². The van der Waals surface area contributed by atoms with Crippen molar-refractivity contribution >= 4 is 0 Å². The summed E-state index contributed by atoms with van der Waals surface area (Å²) in [5.41, 5.74) is 1.88. The van der Waals surface area contributed by atoms with Gasteiger partial charge in [0.05, 0.1) is 12.8 Å². The standard InChI is InChI=1S/C18H30N2O/c1-18(2)9-6-16(7-10-18)20(3)13-17-14(8-11-21-17)12-19-15-4-5-15/h8,11,15-16,19H,4-7,9-10,12-13H2,1-3H3. The predicted octanol–water partition coefficient (Wildman–Crippen LogP) is 3.93. The van der Waals surface area contributed by atoms with Crippen molar-refractivity contribution in [2.24, 2.45) is 5.41 Å². The maximum absolute atomic E-state index is 5.74. The molecule has 2 aliphatic rings. The molecule has 1 aromatic heterocycles. The zero-order chi connectivity index (χ0) is 14.9. The molecule has 1 N–H and O–H groups in total. The van der Waals surface area contributed by atoms with Gasteiger partial charge in [0.25, 0.3) is 0 Å². The monoisotopic (exact) mass is 290 g/mol. The molecule has 0 aliphatic heterocycles. The van der Waals surface area contributed by atoms with Gasteiger partial charge < -0.3 is 9.73 Å². The van der Waals surface area contributed by atoms with Crippen LogP contribution in [0, 0.1) is 5.41 Å². The maximum atomic E-state index is 5.74. The van der Waals surface area contributed by atoms with Gasteiger partial charge in [-0.3, -0.25) is 4.90 Å². The van der Waals surface area contributed by atoms with Crippen LogP contribution in [0.4, 0.5) is 0 Å². The summed E-state index contributed by atoms with van der Waals surface area (Å²) in [6.07, 6.45) is 9.85. The lowest BCUT2D eigenvalue weighted by molar-refractivity contribution is 0.117. The highest BCUT2D eigenvalue weighted by Gasteiger charge is 2.29. The first-order valence-corrected chi connectivity index (χ1v) is 8.52. The quantitative estimate of drug-likeness (QED) is 0.860. The van der Waals surface area contributed by atoms with Gasteiger partial charge in [0, 0.05) is 24.2 Å². The second-order valence-corrected chi connectivity index (χ2v) is 7.83. The third-order valence-electron chi connectivity index (χ3n) is 5.32. The summed E-state index contributed by atoms with van der Waals surface area (Å²) in [7, 11) is 2.25. The molecule has 1 aromatic rings. The van der Waals surface area contributed by atoms with Gasteiger partial charge in [-0.05, 0) is 57.1 Å². The molecule has 0 unspecified atom stereocenters. The van der Waals surface area contributed by atoms with Gasteiger partial charge >= 0.3 is 0 Å². The lowest BCUT2D eigenvalue weighted by Crippen LogP contribution is -2.36. The number of hydrogen-bond acceptors (Lipinski definition) is 3. The molecule has 0 bridgehead atoms. The zero-order valence-corrected chi connectivity index (χ0v) is 13.8. The number of hydrogen-bond donors (Lipinski definition) is 1. The van der Waals surface area contributed by atoms with Crippen LogP contribution in [0.3, 0.4) is 0 Å². The number of nitrogens with one attached hydrogen (secondary N) is 1. The zero-order valence-electron chi connectivity index (χ0n) is 13.8. The van der Waals surface area contributed by atoms with Crippen molar-refractivity contribution in [1.29, 1.82) is 0 Å². The van der Waals surface area contributed by atoms with E-state index in [2.05, 4.69) is 37.2 Å². The average Bonchev–Trinajstić information content (AvgIpc) is 3.17. The van der Waals surface area contributed by atoms with Gasteiger partial charge in [0.1, 0.15) is 5.76 Å². The molecule has 2 aliphatic carbocycles. The Kier molecular flexibility index (Phi) is 4.41. The van der Waals surface area contributed by atoms with E-state index in [1.54, 1.807) is 0 Å². The molecular weight excluding hydrogens is 260 g/mol. The number of rotatable bonds is 6. The molecule has 118 valence electrons. The Morgan fingerprint density at radius 1 is 1.24 bits per heavy atom. The van der Waals surface area contributed by atoms with Crippen molar-refractivity contribution < 1.29 is 4.42 Å². The van der Waals surface area contributed by atoms with E-state index < -0.39 is 0 Å². The third kappa shape index (κ3) is 4.10. The van der Waals surface area contributed by atoms with Gasteiger partial charge in [-0.1, -0.05) is 13.8 Å². The van der Waals surface area contributed by atoms with Crippen LogP contribution in [0.5, 0.6) is 0 Å². The first-order valence-electron chi connectivity index (χ1n) is 8.52. The highest BCUT2D eigenvalue weighted by Crippen LogP contribution is 2.37. The van der Waals surface area contributed by atoms with Crippen molar-refractivity contribution in [3.8, 4) is 0 Å². The molecule has 0 radical (unpaired) electrons. The van der Waals surface area contributed by atoms with E-state index in [0.29, 0.717) is 11.5 Å². The third-order valence-corrected chi connectivity index (χ3v) is 5.32. The molecule has 3 heteroatoms. The maximum Gasteiger partial charge on any atom is 0.122 e. The average molecular weight is 290 g/mol. The van der Waals surface area contributed by atoms with Crippen molar-refractivity contribution in [2.75, 3.05) is 7.05 Å². The number of nitrogens with zero attached hydrogens (tertiary/aromatic N) is 1. The summed E-state index contributed by atoms with van der Waals surface area (Å²) in [6, 6.07) is 3.60. The SMILES string of the molecule is CN(Cc1occc1CNC1CC1)C1CCC(C)(C)CC1. The Morgan fingerprint density at radius 2 is 1.95 bits per heavy atom. The summed E-state index contributed by atoms with van der Waals surface area (Å²) in [6.45, 7) is 6.70. The van der Waals surface area contributed by atoms with E-state index in [4.69, 9.17) is 4.42 Å². The molecule has 0 atom stereocenters. The molecule has 3 rings (SSSR count). The molecule has 21 heavy (non-hydrogen) atoms. The first-order chi connectivity index (χ1) is 10.0. The Bertz CT molecular complexity index is 452. The van der Waals surface area contributed by atoms with Crippen molar-refractivity contribution in [1.82, 2.24) is 10.2 Å². The highest BCUT2D eigenvalue weighted by molar-refractivity contribution is 5.17. The molecule has 1 heterocycles. The molecule has 2 fully saturated rings. The number of furan rings is 1. The van der Waals surface area contributed by atoms with E-state index >= 15 is 0 Å². The first kappa shape index (κ1) is 15.1. The van der Waals surface area contributed by atoms with Crippen molar-refractivity contribution in [3.63, 3.8) is 0 Å². The minimum atomic E-state index is 0.543. The molecule has 2 saturated carbocycles. The fourth-order valence-electron chi connectivity index (χ4n) is 3.39. The molecule has 0 saturated heterocycles. The van der Waals surface area contributed by atoms with Crippen molar-refractivity contribution in [3.05, 3.63) is 23.7 Å². The molecule has 3 nitrogen and oxygen atoms in total. The van der Waals surface area contributed by atoms with Crippen LogP contribution in [0.25, 0.3) is 0 Å². The van der Waals surface area contributed by atoms with Crippen LogP contribution in [-0.4, -0.2) is 24.0 Å². The highest BCUT2D eigenvalue weighted by atomic mass is 16.3. The Labute approximate surface area is 129 Å². The predicted molar refractivity (Wildman–Crippen MR) is 86.1 cm³/mol. The summed E-state index contributed by atoms with van der Waals surface area (Å²) < 4.78 is 5.74. The molecule has 0 aromatic carbocycles. The smallest absolute Gasteiger partial charge is 0.122 e. The van der Waals surface area contributed by atoms with Gasteiger partial charge in [-0.2, -0.15) is 0 Å². The Morgan fingerprint density at radius 3 is 2.62 bits per heavy atom. The fraction of sp³-hybridized carbons (Fsp3) is 0.778. The van der Waals surface area contributed by atoms with Crippen LogP contribution >= 0.6 is 0 Å². The lowest BCUT2D eigenvalue weighted by Gasteiger charge is -2.38. The minimum Gasteiger partial charge on any atom is -0.468 e. The largest absolute Gasteiger partial charge is 0.468 e. The van der Waals surface area contributed by atoms with Crippen LogP contribution < -0.4 is 5.32 Å². The summed E-state index contributed by atoms with van der Waals surface area (Å²) in [5.74, 6) is 1.15.